The number of benzene rings is 1. The van der Waals surface area contributed by atoms with Crippen LogP contribution in [0, 0.1) is 12.8 Å². The molecule has 1 unspecified atom stereocenters. The summed E-state index contributed by atoms with van der Waals surface area (Å²) < 4.78 is 4.99. The van der Waals surface area contributed by atoms with E-state index in [0.717, 1.165) is 0 Å². The molecular weight excluding hydrogens is 344 g/mol. The summed E-state index contributed by atoms with van der Waals surface area (Å²) in [6, 6.07) is 5.85. The van der Waals surface area contributed by atoms with Crippen LogP contribution in [0.2, 0.25) is 5.02 Å². The van der Waals surface area contributed by atoms with Crippen LogP contribution in [-0.4, -0.2) is 34.5 Å². The summed E-state index contributed by atoms with van der Waals surface area (Å²) in [7, 11) is 0. The Labute approximate surface area is 151 Å². The van der Waals surface area contributed by atoms with Crippen LogP contribution in [0.15, 0.2) is 28.8 Å². The van der Waals surface area contributed by atoms with Crippen molar-refractivity contribution in [3.63, 3.8) is 0 Å². The SMILES string of the molecule is Cc1noc(CCNC(=O)C(NC(=O)c2ccc(Cl)cc2)C(C)C)n1. The number of rotatable bonds is 7. The monoisotopic (exact) mass is 364 g/mol. The highest BCUT2D eigenvalue weighted by atomic mass is 35.5. The van der Waals surface area contributed by atoms with E-state index in [1.165, 1.54) is 0 Å². The van der Waals surface area contributed by atoms with Crippen LogP contribution in [0.25, 0.3) is 0 Å². The Kier molecular flexibility index (Phi) is 6.52. The van der Waals surface area contributed by atoms with Gasteiger partial charge in [0.25, 0.3) is 5.91 Å². The first-order valence-corrected chi connectivity index (χ1v) is 8.38. The topological polar surface area (TPSA) is 97.1 Å². The van der Waals surface area contributed by atoms with Crippen molar-refractivity contribution < 1.29 is 14.1 Å². The summed E-state index contributed by atoms with van der Waals surface area (Å²) in [5, 5.41) is 9.78. The Morgan fingerprint density at radius 3 is 2.48 bits per heavy atom. The van der Waals surface area contributed by atoms with Gasteiger partial charge in [-0.25, -0.2) is 0 Å². The lowest BCUT2D eigenvalue weighted by molar-refractivity contribution is -0.123. The molecule has 2 aromatic rings. The summed E-state index contributed by atoms with van der Waals surface area (Å²) >= 11 is 5.82. The predicted molar refractivity (Wildman–Crippen MR) is 93.3 cm³/mol. The van der Waals surface area contributed by atoms with Crippen molar-refractivity contribution in [2.45, 2.75) is 33.2 Å². The van der Waals surface area contributed by atoms with Gasteiger partial charge in [0.2, 0.25) is 11.8 Å². The summed E-state index contributed by atoms with van der Waals surface area (Å²) in [5.74, 6) is 0.370. The van der Waals surface area contributed by atoms with Gasteiger partial charge in [0.15, 0.2) is 5.82 Å². The molecule has 0 fully saturated rings. The number of hydrogen-bond acceptors (Lipinski definition) is 5. The second kappa shape index (κ2) is 8.62. The molecule has 0 spiro atoms. The molecule has 0 aliphatic carbocycles. The van der Waals surface area contributed by atoms with Gasteiger partial charge in [0.1, 0.15) is 6.04 Å². The second-order valence-electron chi connectivity index (χ2n) is 5.98. The maximum absolute atomic E-state index is 12.4. The van der Waals surface area contributed by atoms with Crippen LogP contribution >= 0.6 is 11.6 Å². The molecule has 2 amide bonds. The zero-order chi connectivity index (χ0) is 18.4. The fraction of sp³-hybridized carbons (Fsp3) is 0.412. The molecular formula is C17H21ClN4O3. The van der Waals surface area contributed by atoms with Crippen LogP contribution in [0.4, 0.5) is 0 Å². The van der Waals surface area contributed by atoms with E-state index in [1.54, 1.807) is 31.2 Å². The minimum atomic E-state index is -0.646. The molecule has 0 saturated heterocycles. The molecule has 25 heavy (non-hydrogen) atoms. The van der Waals surface area contributed by atoms with E-state index in [1.807, 2.05) is 13.8 Å². The van der Waals surface area contributed by atoms with E-state index in [9.17, 15) is 9.59 Å². The van der Waals surface area contributed by atoms with Gasteiger partial charge >= 0.3 is 0 Å². The molecule has 0 aliphatic heterocycles. The number of halogens is 1. The first kappa shape index (κ1) is 18.9. The lowest BCUT2D eigenvalue weighted by Gasteiger charge is -2.21. The van der Waals surface area contributed by atoms with E-state index in [-0.39, 0.29) is 17.7 Å². The molecule has 1 heterocycles. The van der Waals surface area contributed by atoms with E-state index in [2.05, 4.69) is 20.8 Å². The number of amides is 2. The third-order valence-electron chi connectivity index (χ3n) is 3.55. The van der Waals surface area contributed by atoms with E-state index in [0.29, 0.717) is 35.3 Å². The highest BCUT2D eigenvalue weighted by molar-refractivity contribution is 6.30. The molecule has 8 heteroatoms. The number of aryl methyl sites for hydroxylation is 1. The quantitative estimate of drug-likeness (QED) is 0.784. The molecule has 134 valence electrons. The van der Waals surface area contributed by atoms with E-state index < -0.39 is 6.04 Å². The Morgan fingerprint density at radius 2 is 1.92 bits per heavy atom. The molecule has 2 rings (SSSR count). The summed E-state index contributed by atoms with van der Waals surface area (Å²) in [5.41, 5.74) is 0.448. The Bertz CT molecular complexity index is 728. The van der Waals surface area contributed by atoms with Crippen molar-refractivity contribution in [3.8, 4) is 0 Å². The fourth-order valence-corrected chi connectivity index (χ4v) is 2.33. The largest absolute Gasteiger partial charge is 0.354 e. The highest BCUT2D eigenvalue weighted by Crippen LogP contribution is 2.10. The predicted octanol–water partition coefficient (Wildman–Crippen LogP) is 2.14. The zero-order valence-corrected chi connectivity index (χ0v) is 15.1. The fourth-order valence-electron chi connectivity index (χ4n) is 2.20. The van der Waals surface area contributed by atoms with Crippen LogP contribution in [0.3, 0.4) is 0 Å². The normalized spacial score (nSPS) is 12.0. The lowest BCUT2D eigenvalue weighted by atomic mass is 10.0. The highest BCUT2D eigenvalue weighted by Gasteiger charge is 2.24. The number of hydrogen-bond donors (Lipinski definition) is 2. The maximum atomic E-state index is 12.4. The van der Waals surface area contributed by atoms with Gasteiger partial charge < -0.3 is 15.2 Å². The van der Waals surface area contributed by atoms with Crippen molar-refractivity contribution in [1.29, 1.82) is 0 Å². The number of carbonyl (C=O) groups excluding carboxylic acids is 2. The molecule has 0 bridgehead atoms. The number of nitrogens with one attached hydrogen (secondary N) is 2. The van der Waals surface area contributed by atoms with Crippen molar-refractivity contribution in [3.05, 3.63) is 46.6 Å². The van der Waals surface area contributed by atoms with Crippen molar-refractivity contribution in [2.24, 2.45) is 5.92 Å². The van der Waals surface area contributed by atoms with Gasteiger partial charge in [-0.15, -0.1) is 0 Å². The summed E-state index contributed by atoms with van der Waals surface area (Å²) in [6.45, 7) is 5.81. The molecule has 1 aromatic heterocycles. The second-order valence-corrected chi connectivity index (χ2v) is 6.41. The average Bonchev–Trinajstić information content (AvgIpc) is 2.98. The molecule has 7 nitrogen and oxygen atoms in total. The third-order valence-corrected chi connectivity index (χ3v) is 3.80. The van der Waals surface area contributed by atoms with Gasteiger partial charge in [-0.1, -0.05) is 30.6 Å². The number of aromatic nitrogens is 2. The van der Waals surface area contributed by atoms with Crippen LogP contribution in [0.5, 0.6) is 0 Å². The molecule has 2 N–H and O–H groups in total. The summed E-state index contributed by atoms with van der Waals surface area (Å²) in [4.78, 5) is 28.8. The lowest BCUT2D eigenvalue weighted by Crippen LogP contribution is -2.50. The zero-order valence-electron chi connectivity index (χ0n) is 14.4. The average molecular weight is 365 g/mol. The van der Waals surface area contributed by atoms with E-state index in [4.69, 9.17) is 16.1 Å². The maximum Gasteiger partial charge on any atom is 0.251 e. The molecule has 0 saturated carbocycles. The first-order valence-electron chi connectivity index (χ1n) is 8.00. The molecule has 0 radical (unpaired) electrons. The Hall–Kier alpha value is -2.41. The third kappa shape index (κ3) is 5.56. The van der Waals surface area contributed by atoms with Crippen LogP contribution < -0.4 is 10.6 Å². The molecule has 1 aromatic carbocycles. The van der Waals surface area contributed by atoms with Gasteiger partial charge in [0, 0.05) is 23.6 Å². The van der Waals surface area contributed by atoms with Gasteiger partial charge in [0.05, 0.1) is 0 Å². The van der Waals surface area contributed by atoms with Crippen LogP contribution in [-0.2, 0) is 11.2 Å². The molecule has 0 aliphatic rings. The molecule has 1 atom stereocenters. The van der Waals surface area contributed by atoms with Crippen LogP contribution in [0.1, 0.15) is 35.9 Å². The van der Waals surface area contributed by atoms with Gasteiger partial charge in [-0.2, -0.15) is 4.98 Å². The first-order chi connectivity index (χ1) is 11.9. The smallest absolute Gasteiger partial charge is 0.251 e. The van der Waals surface area contributed by atoms with Crippen molar-refractivity contribution >= 4 is 23.4 Å². The minimum Gasteiger partial charge on any atom is -0.354 e. The summed E-state index contributed by atoms with van der Waals surface area (Å²) in [6.07, 6.45) is 0.433. The Morgan fingerprint density at radius 1 is 1.24 bits per heavy atom. The minimum absolute atomic E-state index is 0.0677. The number of carbonyl (C=O) groups is 2. The van der Waals surface area contributed by atoms with Gasteiger partial charge in [-0.3, -0.25) is 9.59 Å². The van der Waals surface area contributed by atoms with Crippen molar-refractivity contribution in [2.75, 3.05) is 6.54 Å². The Balaban J connectivity index is 1.91. The van der Waals surface area contributed by atoms with Gasteiger partial charge in [-0.05, 0) is 37.1 Å². The van der Waals surface area contributed by atoms with E-state index >= 15 is 0 Å². The van der Waals surface area contributed by atoms with Crippen molar-refractivity contribution in [1.82, 2.24) is 20.8 Å². The standard InChI is InChI=1S/C17H21ClN4O3/c1-10(2)15(21-16(23)12-4-6-13(18)7-5-12)17(24)19-9-8-14-20-11(3)22-25-14/h4-7,10,15H,8-9H2,1-3H3,(H,19,24)(H,21,23). The number of nitrogens with zero attached hydrogens (tertiary/aromatic N) is 2.